The molecule has 0 saturated carbocycles. The van der Waals surface area contributed by atoms with Crippen LogP contribution in [0.5, 0.6) is 5.75 Å². The minimum Gasteiger partial charge on any atom is -0.494 e. The number of anilines is 1. The van der Waals surface area contributed by atoms with Crippen molar-refractivity contribution in [2.75, 3.05) is 37.6 Å². The Kier molecular flexibility index (Phi) is 8.09. The Hall–Kier alpha value is -2.65. The summed E-state index contributed by atoms with van der Waals surface area (Å²) in [4.78, 5) is 12.7. The third-order valence-electron chi connectivity index (χ3n) is 5.56. The second-order valence-corrected chi connectivity index (χ2v) is 9.73. The number of ether oxygens (including phenoxy) is 1. The molecule has 1 saturated heterocycles. The van der Waals surface area contributed by atoms with Gasteiger partial charge in [0.05, 0.1) is 18.2 Å². The van der Waals surface area contributed by atoms with E-state index < -0.39 is 21.9 Å². The van der Waals surface area contributed by atoms with Gasteiger partial charge in [-0.1, -0.05) is 12.1 Å². The van der Waals surface area contributed by atoms with Crippen molar-refractivity contribution in [3.05, 3.63) is 59.9 Å². The molecule has 0 aromatic heterocycles. The van der Waals surface area contributed by atoms with E-state index in [1.807, 2.05) is 31.2 Å². The van der Waals surface area contributed by atoms with Gasteiger partial charge in [-0.3, -0.25) is 9.10 Å². The molecule has 1 aliphatic rings. The molecule has 9 heteroatoms. The number of hydrogen-bond donors (Lipinski definition) is 1. The quantitative estimate of drug-likeness (QED) is 0.620. The van der Waals surface area contributed by atoms with Crippen LogP contribution in [0.3, 0.4) is 0 Å². The number of hydrogen-bond acceptors (Lipinski definition) is 4. The first-order valence-electron chi connectivity index (χ1n) is 10.8. The Morgan fingerprint density at radius 1 is 1.19 bits per heavy atom. The fourth-order valence-corrected chi connectivity index (χ4v) is 5.18. The fourth-order valence-electron chi connectivity index (χ4n) is 3.72. The molecular weight excluding hydrogens is 433 g/mol. The topological polar surface area (TPSA) is 79.0 Å². The van der Waals surface area contributed by atoms with Crippen LogP contribution in [0.2, 0.25) is 0 Å². The summed E-state index contributed by atoms with van der Waals surface area (Å²) in [5.74, 6) is -0.158. The molecule has 1 atom stereocenters. The zero-order valence-electron chi connectivity index (χ0n) is 18.5. The Morgan fingerprint density at radius 3 is 2.53 bits per heavy atom. The van der Waals surface area contributed by atoms with E-state index in [2.05, 4.69) is 5.32 Å². The summed E-state index contributed by atoms with van der Waals surface area (Å²) in [6, 6.07) is 13.0. The highest BCUT2D eigenvalue weighted by Crippen LogP contribution is 2.24. The number of halogens is 1. The van der Waals surface area contributed by atoms with Gasteiger partial charge in [0.2, 0.25) is 5.91 Å². The van der Waals surface area contributed by atoms with Gasteiger partial charge >= 0.3 is 10.2 Å². The number of piperidine rings is 1. The molecule has 7 nitrogen and oxygen atoms in total. The summed E-state index contributed by atoms with van der Waals surface area (Å²) in [6.07, 6.45) is 1.93. The van der Waals surface area contributed by atoms with Gasteiger partial charge in [0.1, 0.15) is 11.6 Å². The van der Waals surface area contributed by atoms with Crippen LogP contribution < -0.4 is 14.4 Å². The van der Waals surface area contributed by atoms with Crippen LogP contribution in [0.4, 0.5) is 10.1 Å². The van der Waals surface area contributed by atoms with E-state index in [4.69, 9.17) is 4.74 Å². The summed E-state index contributed by atoms with van der Waals surface area (Å²) < 4.78 is 47.1. The van der Waals surface area contributed by atoms with Gasteiger partial charge in [0.15, 0.2) is 0 Å². The first kappa shape index (κ1) is 24.0. The number of nitrogens with zero attached hydrogens (tertiary/aromatic N) is 2. The molecule has 1 amide bonds. The highest BCUT2D eigenvalue weighted by atomic mass is 32.2. The SMILES string of the molecule is CCOc1ccc(CCNC(=O)[C@@H]2CCCN(S(=O)(=O)N(C)c3ccc(F)cc3)C2)cc1. The molecule has 3 rings (SSSR count). The summed E-state index contributed by atoms with van der Waals surface area (Å²) in [5.41, 5.74) is 1.45. The maximum atomic E-state index is 13.2. The van der Waals surface area contributed by atoms with Gasteiger partial charge < -0.3 is 10.1 Å². The average Bonchev–Trinajstić information content (AvgIpc) is 2.80. The molecular formula is C23H30FN3O4S. The smallest absolute Gasteiger partial charge is 0.303 e. The lowest BCUT2D eigenvalue weighted by Gasteiger charge is -2.34. The van der Waals surface area contributed by atoms with Crippen molar-refractivity contribution < 1.29 is 22.3 Å². The van der Waals surface area contributed by atoms with E-state index in [9.17, 15) is 17.6 Å². The Balaban J connectivity index is 1.54. The van der Waals surface area contributed by atoms with Gasteiger partial charge in [-0.05, 0) is 68.1 Å². The molecule has 0 spiro atoms. The molecule has 1 fully saturated rings. The molecule has 0 unspecified atom stereocenters. The second kappa shape index (κ2) is 10.8. The van der Waals surface area contributed by atoms with Gasteiger partial charge in [-0.25, -0.2) is 4.39 Å². The molecule has 0 bridgehead atoms. The average molecular weight is 464 g/mol. The van der Waals surface area contributed by atoms with Gasteiger partial charge in [-0.15, -0.1) is 0 Å². The highest BCUT2D eigenvalue weighted by Gasteiger charge is 2.34. The predicted molar refractivity (Wildman–Crippen MR) is 122 cm³/mol. The number of benzene rings is 2. The van der Waals surface area contributed by atoms with E-state index >= 15 is 0 Å². The molecule has 0 radical (unpaired) electrons. The Bertz CT molecular complexity index is 997. The fraction of sp³-hybridized carbons (Fsp3) is 0.435. The first-order chi connectivity index (χ1) is 15.3. The third-order valence-corrected chi connectivity index (χ3v) is 7.45. The van der Waals surface area contributed by atoms with Crippen molar-refractivity contribution in [1.29, 1.82) is 0 Å². The molecule has 2 aromatic rings. The van der Waals surface area contributed by atoms with E-state index in [-0.39, 0.29) is 12.5 Å². The van der Waals surface area contributed by atoms with Crippen LogP contribution in [-0.2, 0) is 21.4 Å². The molecule has 174 valence electrons. The van der Waals surface area contributed by atoms with E-state index in [1.54, 1.807) is 0 Å². The van der Waals surface area contributed by atoms with Gasteiger partial charge in [0.25, 0.3) is 0 Å². The molecule has 1 N–H and O–H groups in total. The zero-order chi connectivity index (χ0) is 23.1. The van der Waals surface area contributed by atoms with Gasteiger partial charge in [-0.2, -0.15) is 12.7 Å². The molecule has 32 heavy (non-hydrogen) atoms. The van der Waals surface area contributed by atoms with Crippen LogP contribution in [0.1, 0.15) is 25.3 Å². The maximum Gasteiger partial charge on any atom is 0.303 e. The molecule has 0 aliphatic carbocycles. The van der Waals surface area contributed by atoms with Crippen molar-refractivity contribution in [2.45, 2.75) is 26.2 Å². The number of rotatable bonds is 9. The lowest BCUT2D eigenvalue weighted by atomic mass is 9.99. The van der Waals surface area contributed by atoms with Crippen molar-refractivity contribution in [1.82, 2.24) is 9.62 Å². The molecule has 2 aromatic carbocycles. The van der Waals surface area contributed by atoms with Crippen LogP contribution in [0.25, 0.3) is 0 Å². The van der Waals surface area contributed by atoms with E-state index in [1.165, 1.54) is 35.6 Å². The summed E-state index contributed by atoms with van der Waals surface area (Å²) in [5, 5.41) is 2.93. The molecule has 1 heterocycles. The summed E-state index contributed by atoms with van der Waals surface area (Å²) >= 11 is 0. The summed E-state index contributed by atoms with van der Waals surface area (Å²) in [7, 11) is -2.38. The second-order valence-electron chi connectivity index (χ2n) is 7.77. The Labute approximate surface area is 189 Å². The standard InChI is InChI=1S/C23H30FN3O4S/c1-3-31-22-12-6-18(7-13-22)14-15-25-23(28)19-5-4-16-27(17-19)32(29,30)26(2)21-10-8-20(24)9-11-21/h6-13,19H,3-5,14-17H2,1-2H3,(H,25,28)/t19-/m1/s1. The Morgan fingerprint density at radius 2 is 1.88 bits per heavy atom. The molecule has 1 aliphatic heterocycles. The zero-order valence-corrected chi connectivity index (χ0v) is 19.3. The minimum absolute atomic E-state index is 0.128. The lowest BCUT2D eigenvalue weighted by Crippen LogP contribution is -2.49. The number of carbonyl (C=O) groups is 1. The monoisotopic (exact) mass is 463 g/mol. The minimum atomic E-state index is -3.81. The third kappa shape index (κ3) is 5.98. The van der Waals surface area contributed by atoms with Crippen molar-refractivity contribution >= 4 is 21.8 Å². The number of amides is 1. The van der Waals surface area contributed by atoms with E-state index in [0.29, 0.717) is 44.6 Å². The largest absolute Gasteiger partial charge is 0.494 e. The van der Waals surface area contributed by atoms with Crippen LogP contribution in [0, 0.1) is 11.7 Å². The normalized spacial score (nSPS) is 17.0. The number of nitrogens with one attached hydrogen (secondary N) is 1. The van der Waals surface area contributed by atoms with Crippen LogP contribution >= 0.6 is 0 Å². The van der Waals surface area contributed by atoms with E-state index in [0.717, 1.165) is 15.6 Å². The maximum absolute atomic E-state index is 13.2. The van der Waals surface area contributed by atoms with Crippen LogP contribution in [-0.4, -0.2) is 51.9 Å². The van der Waals surface area contributed by atoms with Crippen LogP contribution in [0.15, 0.2) is 48.5 Å². The predicted octanol–water partition coefficient (Wildman–Crippen LogP) is 2.98. The number of carbonyl (C=O) groups excluding carboxylic acids is 1. The van der Waals surface area contributed by atoms with Crippen molar-refractivity contribution in [3.8, 4) is 5.75 Å². The first-order valence-corrected chi connectivity index (χ1v) is 12.2. The summed E-state index contributed by atoms with van der Waals surface area (Å²) in [6.45, 7) is 3.50. The highest BCUT2D eigenvalue weighted by molar-refractivity contribution is 7.90. The van der Waals surface area contributed by atoms with Gasteiger partial charge in [0, 0.05) is 26.7 Å². The lowest BCUT2D eigenvalue weighted by molar-refractivity contribution is -0.126. The van der Waals surface area contributed by atoms with Crippen molar-refractivity contribution in [3.63, 3.8) is 0 Å². The van der Waals surface area contributed by atoms with Crippen molar-refractivity contribution in [2.24, 2.45) is 5.92 Å².